The Balaban J connectivity index is 0. The molecule has 18 heavy (non-hydrogen) atoms. The van der Waals surface area contributed by atoms with E-state index in [2.05, 4.69) is 23.6 Å². The van der Waals surface area contributed by atoms with E-state index in [0.29, 0.717) is 5.69 Å². The van der Waals surface area contributed by atoms with Crippen LogP contribution in [0, 0.1) is 6.92 Å². The zero-order valence-electron chi connectivity index (χ0n) is 11.6. The van der Waals surface area contributed by atoms with Gasteiger partial charge in [0.2, 0.25) is 5.88 Å². The maximum Gasteiger partial charge on any atom is 0.422 e. The Labute approximate surface area is 107 Å². The van der Waals surface area contributed by atoms with Crippen molar-refractivity contribution >= 4 is 0 Å². The number of alkyl halides is 3. The lowest BCUT2D eigenvalue weighted by Gasteiger charge is -2.07. The predicted molar refractivity (Wildman–Crippen MR) is 67.8 cm³/mol. The van der Waals surface area contributed by atoms with E-state index in [1.165, 1.54) is 12.5 Å². The molecule has 1 rings (SSSR count). The van der Waals surface area contributed by atoms with Crippen LogP contribution in [0.25, 0.3) is 0 Å². The molecule has 0 aliphatic rings. The molecule has 0 fully saturated rings. The van der Waals surface area contributed by atoms with Crippen LogP contribution in [0.1, 0.15) is 39.8 Å². The Morgan fingerprint density at radius 2 is 1.67 bits per heavy atom. The summed E-state index contributed by atoms with van der Waals surface area (Å²) < 4.78 is 39.5. The summed E-state index contributed by atoms with van der Waals surface area (Å²) in [7, 11) is 0. The average molecular weight is 265 g/mol. The summed E-state index contributed by atoms with van der Waals surface area (Å²) in [6.45, 7) is 8.63. The Hall–Kier alpha value is -1.26. The first-order valence-corrected chi connectivity index (χ1v) is 6.02. The van der Waals surface area contributed by atoms with E-state index in [0.717, 1.165) is 0 Å². The third kappa shape index (κ3) is 12.8. The second-order valence-electron chi connectivity index (χ2n) is 3.23. The molecule has 0 amide bonds. The summed E-state index contributed by atoms with van der Waals surface area (Å²) in [6, 6.07) is 4.66. The zero-order valence-corrected chi connectivity index (χ0v) is 11.6. The number of aromatic nitrogens is 1. The molecule has 0 bridgehead atoms. The van der Waals surface area contributed by atoms with Gasteiger partial charge in [-0.1, -0.05) is 40.2 Å². The highest BCUT2D eigenvalue weighted by Gasteiger charge is 2.28. The number of nitrogens with zero attached hydrogens (tertiary/aromatic N) is 1. The summed E-state index contributed by atoms with van der Waals surface area (Å²) in [5, 5.41) is 0. The fraction of sp³-hybridized carbons (Fsp3) is 0.615. The number of aryl methyl sites for hydroxylation is 1. The minimum Gasteiger partial charge on any atom is -0.468 e. The van der Waals surface area contributed by atoms with Gasteiger partial charge in [0, 0.05) is 11.8 Å². The van der Waals surface area contributed by atoms with E-state index >= 15 is 0 Å². The van der Waals surface area contributed by atoms with E-state index in [1.54, 1.807) is 19.1 Å². The molecule has 0 aliphatic heterocycles. The van der Waals surface area contributed by atoms with E-state index < -0.39 is 12.8 Å². The lowest BCUT2D eigenvalue weighted by molar-refractivity contribution is -0.154. The van der Waals surface area contributed by atoms with Gasteiger partial charge in [0.05, 0.1) is 0 Å². The maximum absolute atomic E-state index is 11.7. The molecule has 1 heterocycles. The van der Waals surface area contributed by atoms with Crippen molar-refractivity contribution in [3.63, 3.8) is 0 Å². The molecule has 0 atom stereocenters. The van der Waals surface area contributed by atoms with Crippen LogP contribution in [-0.4, -0.2) is 17.8 Å². The van der Waals surface area contributed by atoms with Crippen LogP contribution in [0.4, 0.5) is 13.2 Å². The smallest absolute Gasteiger partial charge is 0.422 e. The highest BCUT2D eigenvalue weighted by molar-refractivity contribution is 5.14. The van der Waals surface area contributed by atoms with Gasteiger partial charge in [-0.05, 0) is 13.0 Å². The Bertz CT molecular complexity index is 301. The number of ether oxygens (including phenoxy) is 1. The first-order chi connectivity index (χ1) is 8.39. The number of rotatable bonds is 2. The van der Waals surface area contributed by atoms with Crippen LogP contribution < -0.4 is 4.74 Å². The van der Waals surface area contributed by atoms with E-state index in [1.807, 2.05) is 13.8 Å². The molecule has 0 spiro atoms. The highest BCUT2D eigenvalue weighted by Crippen LogP contribution is 2.16. The predicted octanol–water partition coefficient (Wildman–Crippen LogP) is 4.77. The van der Waals surface area contributed by atoms with Crippen LogP contribution in [0.15, 0.2) is 18.2 Å². The van der Waals surface area contributed by atoms with Gasteiger partial charge in [-0.2, -0.15) is 13.2 Å². The van der Waals surface area contributed by atoms with Crippen LogP contribution >= 0.6 is 0 Å². The monoisotopic (exact) mass is 265 g/mol. The first kappa shape index (κ1) is 19.1. The number of hydrogen-bond acceptors (Lipinski definition) is 2. The van der Waals surface area contributed by atoms with Crippen molar-refractivity contribution in [3.8, 4) is 5.88 Å². The van der Waals surface area contributed by atoms with Gasteiger partial charge >= 0.3 is 6.18 Å². The molecule has 0 saturated carbocycles. The molecule has 0 saturated heterocycles. The standard InChI is InChI=1S/C8H8F3NO.C3H8.C2H6/c1-6-3-2-4-7(12-6)13-5-8(9,10)11;1-3-2;1-2/h2-4H,5H2,1H3;3H2,1-2H3;1-2H3. The van der Waals surface area contributed by atoms with Crippen molar-refractivity contribution in [1.29, 1.82) is 0 Å². The van der Waals surface area contributed by atoms with Crippen molar-refractivity contribution in [2.75, 3.05) is 6.61 Å². The largest absolute Gasteiger partial charge is 0.468 e. The van der Waals surface area contributed by atoms with Gasteiger partial charge in [0.15, 0.2) is 6.61 Å². The molecule has 5 heteroatoms. The second kappa shape index (κ2) is 10.9. The van der Waals surface area contributed by atoms with E-state index in [4.69, 9.17) is 0 Å². The third-order valence-electron chi connectivity index (χ3n) is 1.25. The number of hydrogen-bond donors (Lipinski definition) is 0. The molecular formula is C13H22F3NO. The highest BCUT2D eigenvalue weighted by atomic mass is 19.4. The topological polar surface area (TPSA) is 22.1 Å². The van der Waals surface area contributed by atoms with Gasteiger partial charge in [-0.3, -0.25) is 0 Å². The van der Waals surface area contributed by atoms with Crippen molar-refractivity contribution in [1.82, 2.24) is 4.98 Å². The van der Waals surface area contributed by atoms with Crippen molar-refractivity contribution in [2.45, 2.75) is 47.2 Å². The Morgan fingerprint density at radius 1 is 1.17 bits per heavy atom. The molecule has 0 N–H and O–H groups in total. The van der Waals surface area contributed by atoms with Gasteiger partial charge in [0.1, 0.15) is 0 Å². The molecule has 0 unspecified atom stereocenters. The number of halogens is 3. The lowest BCUT2D eigenvalue weighted by Crippen LogP contribution is -2.19. The summed E-state index contributed by atoms with van der Waals surface area (Å²) >= 11 is 0. The zero-order chi connectivity index (χ0) is 14.6. The minimum atomic E-state index is -4.31. The average Bonchev–Trinajstić information content (AvgIpc) is 2.29. The second-order valence-corrected chi connectivity index (χ2v) is 3.23. The van der Waals surface area contributed by atoms with Crippen LogP contribution in [0.5, 0.6) is 5.88 Å². The van der Waals surface area contributed by atoms with Gasteiger partial charge in [0.25, 0.3) is 0 Å². The van der Waals surface area contributed by atoms with Crippen LogP contribution in [0.3, 0.4) is 0 Å². The maximum atomic E-state index is 11.7. The minimum absolute atomic E-state index is 0.00248. The molecule has 0 aliphatic carbocycles. The quantitative estimate of drug-likeness (QED) is 0.768. The normalized spacial score (nSPS) is 9.56. The third-order valence-corrected chi connectivity index (χ3v) is 1.25. The summed E-state index contributed by atoms with van der Waals surface area (Å²) in [5.74, 6) is -0.00248. The number of pyridine rings is 1. The van der Waals surface area contributed by atoms with Crippen molar-refractivity contribution in [3.05, 3.63) is 23.9 Å². The summed E-state index contributed by atoms with van der Waals surface area (Å²) in [4.78, 5) is 3.75. The lowest BCUT2D eigenvalue weighted by atomic mass is 10.4. The Kier molecular flexibility index (Phi) is 11.5. The van der Waals surface area contributed by atoms with Gasteiger partial charge < -0.3 is 4.74 Å². The Morgan fingerprint density at radius 3 is 2.06 bits per heavy atom. The van der Waals surface area contributed by atoms with E-state index in [-0.39, 0.29) is 5.88 Å². The van der Waals surface area contributed by atoms with Gasteiger partial charge in [-0.15, -0.1) is 0 Å². The fourth-order valence-corrected chi connectivity index (χ4v) is 0.754. The summed E-state index contributed by atoms with van der Waals surface area (Å²) in [5.41, 5.74) is 0.625. The molecule has 0 radical (unpaired) electrons. The van der Waals surface area contributed by atoms with Crippen molar-refractivity contribution < 1.29 is 17.9 Å². The molecular weight excluding hydrogens is 243 g/mol. The van der Waals surface area contributed by atoms with E-state index in [9.17, 15) is 13.2 Å². The SMILES string of the molecule is CC.CCC.Cc1cccc(OCC(F)(F)F)n1. The van der Waals surface area contributed by atoms with Crippen molar-refractivity contribution in [2.24, 2.45) is 0 Å². The molecule has 1 aromatic heterocycles. The molecule has 106 valence electrons. The molecule has 0 aromatic carbocycles. The summed E-state index contributed by atoms with van der Waals surface area (Å²) in [6.07, 6.45) is -3.06. The molecule has 1 aromatic rings. The van der Waals surface area contributed by atoms with Crippen LogP contribution in [0.2, 0.25) is 0 Å². The first-order valence-electron chi connectivity index (χ1n) is 6.02. The van der Waals surface area contributed by atoms with Crippen LogP contribution in [-0.2, 0) is 0 Å². The van der Waals surface area contributed by atoms with Gasteiger partial charge in [-0.25, -0.2) is 4.98 Å². The molecule has 2 nitrogen and oxygen atoms in total. The fourth-order valence-electron chi connectivity index (χ4n) is 0.754.